The van der Waals surface area contributed by atoms with Crippen molar-refractivity contribution in [3.05, 3.63) is 78.1 Å². The zero-order valence-electron chi connectivity index (χ0n) is 16.1. The molecule has 7 heteroatoms. The number of carboxylic acid groups (broad SMARTS) is 2. The summed E-state index contributed by atoms with van der Waals surface area (Å²) in [6.07, 6.45) is 2.04. The van der Waals surface area contributed by atoms with Crippen molar-refractivity contribution in [2.45, 2.75) is 18.4 Å². The Labute approximate surface area is 168 Å². The molecule has 2 aromatic rings. The number of halogens is 1. The van der Waals surface area contributed by atoms with E-state index in [0.717, 1.165) is 19.5 Å². The van der Waals surface area contributed by atoms with Crippen LogP contribution in [0.3, 0.4) is 0 Å². The first-order valence-corrected chi connectivity index (χ1v) is 9.15. The lowest BCUT2D eigenvalue weighted by Crippen LogP contribution is -2.42. The van der Waals surface area contributed by atoms with Gasteiger partial charge in [0.25, 0.3) is 0 Å². The fourth-order valence-corrected chi connectivity index (χ4v) is 3.10. The third-order valence-electron chi connectivity index (χ3n) is 4.46. The number of ether oxygens (including phenoxy) is 1. The van der Waals surface area contributed by atoms with Gasteiger partial charge in [-0.3, -0.25) is 0 Å². The van der Waals surface area contributed by atoms with Crippen LogP contribution in [0.25, 0.3) is 0 Å². The van der Waals surface area contributed by atoms with Gasteiger partial charge in [-0.15, -0.1) is 0 Å². The minimum atomic E-state index is -1.26. The molecule has 2 aromatic carbocycles. The molecule has 29 heavy (non-hydrogen) atoms. The Morgan fingerprint density at radius 3 is 2.21 bits per heavy atom. The zero-order valence-corrected chi connectivity index (χ0v) is 16.1. The maximum Gasteiger partial charge on any atom is 0.328 e. The Bertz CT molecular complexity index is 824. The van der Waals surface area contributed by atoms with Gasteiger partial charge < -0.3 is 19.8 Å². The Morgan fingerprint density at radius 2 is 1.62 bits per heavy atom. The average molecular weight is 401 g/mol. The van der Waals surface area contributed by atoms with E-state index in [1.807, 2.05) is 24.3 Å². The summed E-state index contributed by atoms with van der Waals surface area (Å²) < 4.78 is 19.8. The molecule has 1 heterocycles. The number of benzene rings is 2. The number of likely N-dealkylation sites (N-methyl/N-ethyl adjacent to an activating group) is 1. The highest BCUT2D eigenvalue weighted by atomic mass is 19.1. The van der Waals surface area contributed by atoms with Gasteiger partial charge in [-0.25, -0.2) is 14.0 Å². The van der Waals surface area contributed by atoms with Gasteiger partial charge in [0.15, 0.2) is 11.6 Å². The van der Waals surface area contributed by atoms with Gasteiger partial charge in [0.1, 0.15) is 6.10 Å². The molecule has 0 radical (unpaired) electrons. The van der Waals surface area contributed by atoms with Crippen molar-refractivity contribution < 1.29 is 28.9 Å². The average Bonchev–Trinajstić information content (AvgIpc) is 2.70. The molecule has 2 N–H and O–H groups in total. The van der Waals surface area contributed by atoms with Crippen LogP contribution in [0.2, 0.25) is 0 Å². The molecular weight excluding hydrogens is 377 g/mol. The molecule has 3 rings (SSSR count). The molecule has 0 spiro atoms. The third-order valence-corrected chi connectivity index (χ3v) is 4.46. The van der Waals surface area contributed by atoms with Crippen LogP contribution in [0.1, 0.15) is 17.9 Å². The number of nitrogens with zero attached hydrogens (tertiary/aromatic N) is 1. The number of hydrogen-bond acceptors (Lipinski definition) is 4. The van der Waals surface area contributed by atoms with Crippen molar-refractivity contribution in [2.24, 2.45) is 0 Å². The van der Waals surface area contributed by atoms with Crippen molar-refractivity contribution in [1.82, 2.24) is 4.90 Å². The van der Waals surface area contributed by atoms with Crippen LogP contribution in [0.15, 0.2) is 66.7 Å². The van der Waals surface area contributed by atoms with E-state index in [1.54, 1.807) is 12.1 Å². The SMILES string of the molecule is CN1CCC(Oc2ccccc2F)C(c2ccccc2)C1.O=C(O)C=CC(=O)O. The van der Waals surface area contributed by atoms with Crippen LogP contribution in [-0.2, 0) is 9.59 Å². The summed E-state index contributed by atoms with van der Waals surface area (Å²) in [6, 6.07) is 17.0. The Kier molecular flexibility index (Phi) is 8.36. The summed E-state index contributed by atoms with van der Waals surface area (Å²) in [7, 11) is 2.12. The van der Waals surface area contributed by atoms with E-state index >= 15 is 0 Å². The molecule has 0 aliphatic carbocycles. The summed E-state index contributed by atoms with van der Waals surface area (Å²) >= 11 is 0. The summed E-state index contributed by atoms with van der Waals surface area (Å²) in [5, 5.41) is 15.6. The lowest BCUT2D eigenvalue weighted by atomic mass is 9.88. The number of piperidine rings is 1. The Morgan fingerprint density at radius 1 is 1.03 bits per heavy atom. The second-order valence-electron chi connectivity index (χ2n) is 6.66. The highest BCUT2D eigenvalue weighted by molar-refractivity contribution is 5.89. The number of likely N-dealkylation sites (tertiary alicyclic amines) is 1. The number of carboxylic acids is 2. The summed E-state index contributed by atoms with van der Waals surface area (Å²) in [5.74, 6) is -2.18. The van der Waals surface area contributed by atoms with Gasteiger partial charge in [0.05, 0.1) is 0 Å². The molecule has 1 aliphatic rings. The van der Waals surface area contributed by atoms with E-state index < -0.39 is 11.9 Å². The van der Waals surface area contributed by atoms with Crippen molar-refractivity contribution in [1.29, 1.82) is 0 Å². The Hall–Kier alpha value is -3.19. The second-order valence-corrected chi connectivity index (χ2v) is 6.66. The molecule has 1 saturated heterocycles. The fourth-order valence-electron chi connectivity index (χ4n) is 3.10. The lowest BCUT2D eigenvalue weighted by molar-refractivity contribution is -0.134. The molecule has 1 aliphatic heterocycles. The van der Waals surface area contributed by atoms with E-state index in [-0.39, 0.29) is 17.8 Å². The molecule has 2 unspecified atom stereocenters. The third kappa shape index (κ3) is 7.38. The standard InChI is InChI=1S/C18H20FNO.C4H4O4/c1-20-12-11-17(21-18-10-6-5-9-16(18)19)15(13-20)14-7-3-2-4-8-14;5-3(6)1-2-4(7)8/h2-10,15,17H,11-13H2,1H3;1-2H,(H,5,6)(H,7,8). The minimum absolute atomic E-state index is 0.0144. The normalized spacial score (nSPS) is 19.2. The second kappa shape index (κ2) is 11.0. The van der Waals surface area contributed by atoms with E-state index in [0.29, 0.717) is 17.9 Å². The lowest BCUT2D eigenvalue weighted by Gasteiger charge is -2.37. The predicted molar refractivity (Wildman–Crippen MR) is 107 cm³/mol. The topological polar surface area (TPSA) is 87.1 Å². The minimum Gasteiger partial charge on any atom is -0.487 e. The van der Waals surface area contributed by atoms with Crippen molar-refractivity contribution in [2.75, 3.05) is 20.1 Å². The molecule has 6 nitrogen and oxygen atoms in total. The van der Waals surface area contributed by atoms with E-state index in [9.17, 15) is 14.0 Å². The maximum atomic E-state index is 13.8. The molecular formula is C22H24FNO5. The number of rotatable bonds is 5. The van der Waals surface area contributed by atoms with Crippen LogP contribution in [0.4, 0.5) is 4.39 Å². The van der Waals surface area contributed by atoms with E-state index in [1.165, 1.54) is 11.6 Å². The van der Waals surface area contributed by atoms with Gasteiger partial charge in [-0.1, -0.05) is 42.5 Å². The summed E-state index contributed by atoms with van der Waals surface area (Å²) in [5.41, 5.74) is 1.25. The highest BCUT2D eigenvalue weighted by Crippen LogP contribution is 2.31. The van der Waals surface area contributed by atoms with Crippen molar-refractivity contribution in [3.63, 3.8) is 0 Å². The summed E-state index contributed by atoms with van der Waals surface area (Å²) in [4.78, 5) is 21.4. The molecule has 154 valence electrons. The number of para-hydroxylation sites is 1. The maximum absolute atomic E-state index is 13.8. The molecule has 0 aromatic heterocycles. The first-order valence-electron chi connectivity index (χ1n) is 9.15. The smallest absolute Gasteiger partial charge is 0.328 e. The van der Waals surface area contributed by atoms with E-state index in [4.69, 9.17) is 14.9 Å². The summed E-state index contributed by atoms with van der Waals surface area (Å²) in [6.45, 7) is 1.91. The number of hydrogen-bond donors (Lipinski definition) is 2. The van der Waals surface area contributed by atoms with Crippen LogP contribution in [-0.4, -0.2) is 53.3 Å². The van der Waals surface area contributed by atoms with Gasteiger partial charge in [0.2, 0.25) is 0 Å². The number of carbonyl (C=O) groups is 2. The van der Waals surface area contributed by atoms with Crippen molar-refractivity contribution in [3.8, 4) is 5.75 Å². The Balaban J connectivity index is 0.000000321. The van der Waals surface area contributed by atoms with E-state index in [2.05, 4.69) is 24.1 Å². The largest absolute Gasteiger partial charge is 0.487 e. The monoisotopic (exact) mass is 401 g/mol. The van der Waals surface area contributed by atoms with Gasteiger partial charge in [-0.05, 0) is 31.2 Å². The van der Waals surface area contributed by atoms with Crippen LogP contribution >= 0.6 is 0 Å². The highest BCUT2D eigenvalue weighted by Gasteiger charge is 2.31. The fraction of sp³-hybridized carbons (Fsp3) is 0.273. The molecule has 0 saturated carbocycles. The quantitative estimate of drug-likeness (QED) is 0.747. The van der Waals surface area contributed by atoms with Crippen molar-refractivity contribution >= 4 is 11.9 Å². The van der Waals surface area contributed by atoms with Crippen LogP contribution in [0, 0.1) is 5.82 Å². The molecule has 2 atom stereocenters. The van der Waals surface area contributed by atoms with Crippen LogP contribution in [0.5, 0.6) is 5.75 Å². The van der Waals surface area contributed by atoms with Gasteiger partial charge in [-0.2, -0.15) is 0 Å². The van der Waals surface area contributed by atoms with Crippen LogP contribution < -0.4 is 4.74 Å². The molecule has 0 bridgehead atoms. The first kappa shape index (κ1) is 22.1. The zero-order chi connectivity index (χ0) is 21.2. The van der Waals surface area contributed by atoms with Gasteiger partial charge >= 0.3 is 11.9 Å². The predicted octanol–water partition coefficient (Wildman–Crippen LogP) is 3.40. The van der Waals surface area contributed by atoms with Gasteiger partial charge in [0, 0.05) is 31.2 Å². The first-order chi connectivity index (χ1) is 13.9. The molecule has 1 fully saturated rings. The molecule has 0 amide bonds. The number of aliphatic carboxylic acids is 2.